The number of anilines is 1. The normalized spacial score (nSPS) is 10.7. The minimum absolute atomic E-state index is 0.0273. The van der Waals surface area contributed by atoms with Crippen molar-refractivity contribution >= 4 is 27.6 Å². The van der Waals surface area contributed by atoms with E-state index in [4.69, 9.17) is 5.11 Å². The summed E-state index contributed by atoms with van der Waals surface area (Å²) in [5.74, 6) is -1.92. The molecule has 8 heteroatoms. The first-order chi connectivity index (χ1) is 10.9. The van der Waals surface area contributed by atoms with Gasteiger partial charge in [0.25, 0.3) is 0 Å². The van der Waals surface area contributed by atoms with E-state index in [0.717, 1.165) is 6.07 Å². The van der Waals surface area contributed by atoms with Crippen molar-refractivity contribution in [2.24, 2.45) is 0 Å². The molecule has 4 nitrogen and oxygen atoms in total. The van der Waals surface area contributed by atoms with E-state index in [2.05, 4.69) is 26.0 Å². The van der Waals surface area contributed by atoms with Crippen LogP contribution in [-0.2, 0) is 6.54 Å². The van der Waals surface area contributed by atoms with E-state index in [1.807, 2.05) is 0 Å². The summed E-state index contributed by atoms with van der Waals surface area (Å²) in [5.41, 5.74) is 0.741. The number of hydrogen-bond acceptors (Lipinski definition) is 3. The van der Waals surface area contributed by atoms with Gasteiger partial charge in [-0.15, -0.1) is 0 Å². The van der Waals surface area contributed by atoms with Gasteiger partial charge in [0, 0.05) is 6.54 Å². The lowest BCUT2D eigenvalue weighted by atomic mass is 10.1. The number of carbonyl (C=O) groups is 1. The molecule has 0 atom stereocenters. The molecular formula is C15H11BrF3NO3. The third kappa shape index (κ3) is 4.62. The van der Waals surface area contributed by atoms with Crippen LogP contribution in [0.2, 0.25) is 0 Å². The standard InChI is InChI=1S/C15H11BrF3NO3/c16-11-6-13(10(14(21)22)5-12(11)17)20-7-8-1-3-9(4-2-8)23-15(18)19/h1-6,15,20H,7H2,(H,21,22). The van der Waals surface area contributed by atoms with Crippen LogP contribution in [0.1, 0.15) is 15.9 Å². The largest absolute Gasteiger partial charge is 0.478 e. The van der Waals surface area contributed by atoms with Gasteiger partial charge in [-0.1, -0.05) is 12.1 Å². The van der Waals surface area contributed by atoms with Crippen molar-refractivity contribution in [2.75, 3.05) is 5.32 Å². The lowest BCUT2D eigenvalue weighted by Gasteiger charge is -2.11. The minimum Gasteiger partial charge on any atom is -0.478 e. The van der Waals surface area contributed by atoms with Crippen LogP contribution in [0.15, 0.2) is 40.9 Å². The maximum atomic E-state index is 13.4. The van der Waals surface area contributed by atoms with E-state index in [1.54, 1.807) is 12.1 Å². The first-order valence-corrected chi connectivity index (χ1v) is 7.16. The zero-order valence-corrected chi connectivity index (χ0v) is 13.1. The van der Waals surface area contributed by atoms with Crippen LogP contribution in [0.3, 0.4) is 0 Å². The highest BCUT2D eigenvalue weighted by Crippen LogP contribution is 2.25. The van der Waals surface area contributed by atoms with Gasteiger partial charge >= 0.3 is 12.6 Å². The van der Waals surface area contributed by atoms with Crippen LogP contribution in [0.5, 0.6) is 5.75 Å². The van der Waals surface area contributed by atoms with Gasteiger partial charge in [0.05, 0.1) is 15.7 Å². The number of halogens is 4. The summed E-state index contributed by atoms with van der Waals surface area (Å²) in [6.45, 7) is -2.67. The zero-order valence-electron chi connectivity index (χ0n) is 11.5. The summed E-state index contributed by atoms with van der Waals surface area (Å²) < 4.78 is 41.9. The molecule has 0 aliphatic rings. The molecule has 0 spiro atoms. The number of hydrogen-bond donors (Lipinski definition) is 2. The molecule has 23 heavy (non-hydrogen) atoms. The van der Waals surface area contributed by atoms with Crippen LogP contribution >= 0.6 is 15.9 Å². The van der Waals surface area contributed by atoms with E-state index in [-0.39, 0.29) is 28.0 Å². The number of aromatic carboxylic acids is 1. The summed E-state index contributed by atoms with van der Waals surface area (Å²) in [4.78, 5) is 11.1. The molecule has 0 amide bonds. The quantitative estimate of drug-likeness (QED) is 0.763. The highest BCUT2D eigenvalue weighted by Gasteiger charge is 2.14. The molecule has 0 aliphatic heterocycles. The smallest absolute Gasteiger partial charge is 0.387 e. The maximum absolute atomic E-state index is 13.4. The number of nitrogens with one attached hydrogen (secondary N) is 1. The molecule has 2 aromatic carbocycles. The number of carboxylic acid groups (broad SMARTS) is 1. The van der Waals surface area contributed by atoms with Gasteiger partial charge in [-0.2, -0.15) is 8.78 Å². The fourth-order valence-electron chi connectivity index (χ4n) is 1.86. The molecule has 0 bridgehead atoms. The Hall–Kier alpha value is -2.22. The van der Waals surface area contributed by atoms with Crippen LogP contribution in [0.25, 0.3) is 0 Å². The second-order valence-electron chi connectivity index (χ2n) is 4.49. The Bertz CT molecular complexity index is 708. The van der Waals surface area contributed by atoms with Crippen molar-refractivity contribution < 1.29 is 27.8 Å². The Labute approximate surface area is 138 Å². The van der Waals surface area contributed by atoms with Gasteiger partial charge in [0.15, 0.2) is 0 Å². The molecule has 0 saturated heterocycles. The fraction of sp³-hybridized carbons (Fsp3) is 0.133. The summed E-state index contributed by atoms with van der Waals surface area (Å²) in [5, 5.41) is 12.0. The molecule has 0 radical (unpaired) electrons. The van der Waals surface area contributed by atoms with Gasteiger partial charge in [0.1, 0.15) is 11.6 Å². The molecule has 0 unspecified atom stereocenters. The van der Waals surface area contributed by atoms with Crippen molar-refractivity contribution in [2.45, 2.75) is 13.2 Å². The van der Waals surface area contributed by atoms with Crippen molar-refractivity contribution in [1.29, 1.82) is 0 Å². The SMILES string of the molecule is O=C(O)c1cc(F)c(Br)cc1NCc1ccc(OC(F)F)cc1. The molecule has 0 heterocycles. The van der Waals surface area contributed by atoms with Crippen LogP contribution < -0.4 is 10.1 Å². The van der Waals surface area contributed by atoms with Crippen molar-refractivity contribution in [3.8, 4) is 5.75 Å². The highest BCUT2D eigenvalue weighted by atomic mass is 79.9. The van der Waals surface area contributed by atoms with Crippen LogP contribution in [0, 0.1) is 5.82 Å². The maximum Gasteiger partial charge on any atom is 0.387 e. The second-order valence-corrected chi connectivity index (χ2v) is 5.35. The summed E-state index contributed by atoms with van der Waals surface area (Å²) >= 11 is 2.99. The van der Waals surface area contributed by atoms with Crippen LogP contribution in [0.4, 0.5) is 18.9 Å². The van der Waals surface area contributed by atoms with Crippen molar-refractivity contribution in [1.82, 2.24) is 0 Å². The molecule has 122 valence electrons. The van der Waals surface area contributed by atoms with Gasteiger partial charge in [-0.25, -0.2) is 9.18 Å². The zero-order chi connectivity index (χ0) is 17.0. The monoisotopic (exact) mass is 389 g/mol. The van der Waals surface area contributed by atoms with E-state index in [1.165, 1.54) is 18.2 Å². The van der Waals surface area contributed by atoms with Crippen molar-refractivity contribution in [3.63, 3.8) is 0 Å². The Morgan fingerprint density at radius 2 is 1.91 bits per heavy atom. The van der Waals surface area contributed by atoms with E-state index < -0.39 is 18.4 Å². The predicted molar refractivity (Wildman–Crippen MR) is 81.5 cm³/mol. The van der Waals surface area contributed by atoms with Gasteiger partial charge in [0.2, 0.25) is 0 Å². The minimum atomic E-state index is -2.89. The van der Waals surface area contributed by atoms with E-state index >= 15 is 0 Å². The Balaban J connectivity index is 2.11. The summed E-state index contributed by atoms with van der Waals surface area (Å²) in [6, 6.07) is 8.11. The third-order valence-electron chi connectivity index (χ3n) is 2.92. The molecule has 0 saturated carbocycles. The molecule has 0 aromatic heterocycles. The Morgan fingerprint density at radius 1 is 1.26 bits per heavy atom. The first kappa shape index (κ1) is 17.1. The lowest BCUT2D eigenvalue weighted by Crippen LogP contribution is -2.07. The molecular weight excluding hydrogens is 379 g/mol. The predicted octanol–water partition coefficient (Wildman–Crippen LogP) is 4.50. The second kappa shape index (κ2) is 7.36. The first-order valence-electron chi connectivity index (χ1n) is 6.37. The van der Waals surface area contributed by atoms with Gasteiger partial charge < -0.3 is 15.2 Å². The Kier molecular flexibility index (Phi) is 5.49. The molecule has 2 rings (SSSR count). The van der Waals surface area contributed by atoms with E-state index in [9.17, 15) is 18.0 Å². The average Bonchev–Trinajstić information content (AvgIpc) is 2.48. The molecule has 0 aliphatic carbocycles. The summed E-state index contributed by atoms with van der Waals surface area (Å²) in [6.07, 6.45) is 0. The van der Waals surface area contributed by atoms with Crippen LogP contribution in [-0.4, -0.2) is 17.7 Å². The topological polar surface area (TPSA) is 58.6 Å². The number of ether oxygens (including phenoxy) is 1. The highest BCUT2D eigenvalue weighted by molar-refractivity contribution is 9.10. The van der Waals surface area contributed by atoms with Gasteiger partial charge in [-0.3, -0.25) is 0 Å². The fourth-order valence-corrected chi connectivity index (χ4v) is 2.20. The molecule has 2 N–H and O–H groups in total. The Morgan fingerprint density at radius 3 is 2.48 bits per heavy atom. The number of alkyl halides is 2. The molecule has 2 aromatic rings. The van der Waals surface area contributed by atoms with Gasteiger partial charge in [-0.05, 0) is 45.8 Å². The molecule has 0 fully saturated rings. The van der Waals surface area contributed by atoms with Crippen molar-refractivity contribution in [3.05, 3.63) is 57.8 Å². The third-order valence-corrected chi connectivity index (χ3v) is 3.53. The van der Waals surface area contributed by atoms with E-state index in [0.29, 0.717) is 5.56 Å². The number of benzene rings is 2. The lowest BCUT2D eigenvalue weighted by molar-refractivity contribution is -0.0498. The number of carboxylic acids is 1. The number of rotatable bonds is 6. The average molecular weight is 390 g/mol. The summed E-state index contributed by atoms with van der Waals surface area (Å²) in [7, 11) is 0.